The van der Waals surface area contributed by atoms with Crippen molar-refractivity contribution in [1.29, 1.82) is 0 Å². The molecule has 0 radical (unpaired) electrons. The predicted octanol–water partition coefficient (Wildman–Crippen LogP) is 6.17. The van der Waals surface area contributed by atoms with Gasteiger partial charge in [0.15, 0.2) is 17.3 Å². The number of nitrogens with one attached hydrogen (secondary N) is 1. The van der Waals surface area contributed by atoms with E-state index in [2.05, 4.69) is 49.5 Å². The summed E-state index contributed by atoms with van der Waals surface area (Å²) in [5, 5.41) is 6.06. The van der Waals surface area contributed by atoms with Gasteiger partial charge in [-0.1, -0.05) is 44.2 Å². The first-order valence-electron chi connectivity index (χ1n) is 10.7. The number of hydrogen-bond acceptors (Lipinski definition) is 4. The number of ketones is 1. The Kier molecular flexibility index (Phi) is 4.54. The minimum atomic E-state index is -0.0907. The topological polar surface area (TPSA) is 47.6 Å². The molecule has 1 atom stereocenters. The molecule has 1 aliphatic carbocycles. The molecule has 1 N–H and O–H groups in total. The predicted molar refractivity (Wildman–Crippen MR) is 125 cm³/mol. The van der Waals surface area contributed by atoms with Crippen LogP contribution in [0.25, 0.3) is 16.3 Å². The summed E-state index contributed by atoms with van der Waals surface area (Å²) in [6.45, 7) is 4.35. The van der Waals surface area contributed by atoms with Crippen molar-refractivity contribution in [3.05, 3.63) is 71.3 Å². The Morgan fingerprint density at radius 2 is 1.61 bits per heavy atom. The van der Waals surface area contributed by atoms with Crippen LogP contribution < -0.4 is 14.8 Å². The van der Waals surface area contributed by atoms with E-state index in [1.165, 1.54) is 0 Å². The zero-order chi connectivity index (χ0) is 21.8. The number of carbonyl (C=O) groups excluding carboxylic acids is 1. The van der Waals surface area contributed by atoms with Gasteiger partial charge in [-0.3, -0.25) is 4.79 Å². The van der Waals surface area contributed by atoms with Crippen molar-refractivity contribution < 1.29 is 14.3 Å². The van der Waals surface area contributed by atoms with E-state index in [1.54, 1.807) is 14.2 Å². The molecule has 0 amide bonds. The smallest absolute Gasteiger partial charge is 0.164 e. The van der Waals surface area contributed by atoms with Crippen LogP contribution in [0.15, 0.2) is 60.2 Å². The number of allylic oxidation sites excluding steroid dienone is 1. The van der Waals surface area contributed by atoms with Gasteiger partial charge < -0.3 is 14.8 Å². The summed E-state index contributed by atoms with van der Waals surface area (Å²) in [5.41, 5.74) is 5.07. The van der Waals surface area contributed by atoms with Gasteiger partial charge in [-0.15, -0.1) is 0 Å². The fourth-order valence-corrected chi connectivity index (χ4v) is 5.06. The second kappa shape index (κ2) is 7.16. The first kappa shape index (κ1) is 19.7. The molecule has 158 valence electrons. The quantitative estimate of drug-likeness (QED) is 0.558. The highest BCUT2D eigenvalue weighted by Crippen LogP contribution is 2.51. The molecule has 0 saturated carbocycles. The van der Waals surface area contributed by atoms with Gasteiger partial charge in [-0.2, -0.15) is 0 Å². The average molecular weight is 414 g/mol. The van der Waals surface area contributed by atoms with Crippen molar-refractivity contribution in [2.75, 3.05) is 19.5 Å². The van der Waals surface area contributed by atoms with Crippen LogP contribution in [-0.2, 0) is 4.79 Å². The van der Waals surface area contributed by atoms with Crippen LogP contribution >= 0.6 is 0 Å². The van der Waals surface area contributed by atoms with E-state index in [1.807, 2.05) is 24.3 Å². The summed E-state index contributed by atoms with van der Waals surface area (Å²) in [4.78, 5) is 13.4. The van der Waals surface area contributed by atoms with E-state index >= 15 is 0 Å². The van der Waals surface area contributed by atoms with Gasteiger partial charge in [-0.25, -0.2) is 0 Å². The second-order valence-corrected chi connectivity index (χ2v) is 9.28. The number of benzene rings is 3. The maximum absolute atomic E-state index is 13.4. The molecule has 0 spiro atoms. The highest BCUT2D eigenvalue weighted by molar-refractivity contribution is 6.25. The summed E-state index contributed by atoms with van der Waals surface area (Å²) in [6.07, 6.45) is 1.43. The third-order valence-corrected chi connectivity index (χ3v) is 6.45. The summed E-state index contributed by atoms with van der Waals surface area (Å²) < 4.78 is 11.0. The minimum absolute atomic E-state index is 0.0687. The first-order valence-corrected chi connectivity index (χ1v) is 10.7. The normalized spacial score (nSPS) is 19.5. The van der Waals surface area contributed by atoms with Crippen molar-refractivity contribution in [2.24, 2.45) is 5.41 Å². The Morgan fingerprint density at radius 1 is 0.903 bits per heavy atom. The van der Waals surface area contributed by atoms with Crippen LogP contribution in [0.2, 0.25) is 0 Å². The molecule has 4 heteroatoms. The molecular formula is C27H27NO3. The third-order valence-electron chi connectivity index (χ3n) is 6.45. The van der Waals surface area contributed by atoms with Crippen LogP contribution in [0.3, 0.4) is 0 Å². The molecule has 2 aliphatic rings. The van der Waals surface area contributed by atoms with Gasteiger partial charge in [0.25, 0.3) is 0 Å². The minimum Gasteiger partial charge on any atom is -0.493 e. The number of anilines is 1. The number of methoxy groups -OCH3 is 2. The monoisotopic (exact) mass is 413 g/mol. The van der Waals surface area contributed by atoms with Gasteiger partial charge in [0.2, 0.25) is 0 Å². The number of carbonyl (C=O) groups is 1. The van der Waals surface area contributed by atoms with E-state index in [0.29, 0.717) is 17.9 Å². The summed E-state index contributed by atoms with van der Waals surface area (Å²) in [5.74, 6) is 1.62. The van der Waals surface area contributed by atoms with Gasteiger partial charge in [0, 0.05) is 23.2 Å². The highest BCUT2D eigenvalue weighted by atomic mass is 16.5. The van der Waals surface area contributed by atoms with E-state index in [9.17, 15) is 4.79 Å². The van der Waals surface area contributed by atoms with E-state index in [-0.39, 0.29) is 17.2 Å². The zero-order valence-electron chi connectivity index (χ0n) is 18.4. The summed E-state index contributed by atoms with van der Waals surface area (Å²) in [6, 6.07) is 18.5. The molecule has 5 rings (SSSR count). The standard InChI is InChI=1S/C27H27NO3/c1-27(2)14-20-25(22(29)15-27)19-11-16-7-5-6-8-17(16)12-21(19)28-26(20)18-9-10-23(30-3)24(13-18)31-4/h5-13,26,28H,14-15H2,1-4H3. The SMILES string of the molecule is COc1ccc(C2Nc3cc4ccccc4cc3C3=C2CC(C)(C)CC3=O)cc1OC. The molecule has 1 aliphatic heterocycles. The van der Waals surface area contributed by atoms with Crippen LogP contribution in [0.1, 0.15) is 43.9 Å². The molecule has 0 fully saturated rings. The molecule has 3 aromatic rings. The van der Waals surface area contributed by atoms with Crippen molar-refractivity contribution in [1.82, 2.24) is 0 Å². The molecule has 0 aromatic heterocycles. The van der Waals surface area contributed by atoms with Gasteiger partial charge >= 0.3 is 0 Å². The van der Waals surface area contributed by atoms with Crippen LogP contribution in [0, 0.1) is 5.41 Å². The molecule has 3 aromatic carbocycles. The van der Waals surface area contributed by atoms with Crippen LogP contribution in [-0.4, -0.2) is 20.0 Å². The van der Waals surface area contributed by atoms with Crippen molar-refractivity contribution in [3.8, 4) is 11.5 Å². The van der Waals surface area contributed by atoms with E-state index in [4.69, 9.17) is 9.47 Å². The summed E-state index contributed by atoms with van der Waals surface area (Å²) >= 11 is 0. The Hall–Kier alpha value is -3.27. The number of hydrogen-bond donors (Lipinski definition) is 1. The van der Waals surface area contributed by atoms with Crippen molar-refractivity contribution in [3.63, 3.8) is 0 Å². The molecule has 4 nitrogen and oxygen atoms in total. The second-order valence-electron chi connectivity index (χ2n) is 9.28. The largest absolute Gasteiger partial charge is 0.493 e. The molecule has 1 heterocycles. The molecule has 0 bridgehead atoms. The lowest BCUT2D eigenvalue weighted by atomic mass is 9.68. The van der Waals surface area contributed by atoms with E-state index in [0.717, 1.165) is 45.2 Å². The molecule has 31 heavy (non-hydrogen) atoms. The van der Waals surface area contributed by atoms with Gasteiger partial charge in [0.05, 0.1) is 20.3 Å². The number of ether oxygens (including phenoxy) is 2. The fourth-order valence-electron chi connectivity index (χ4n) is 5.06. The third kappa shape index (κ3) is 3.27. The lowest BCUT2D eigenvalue weighted by Crippen LogP contribution is -2.32. The maximum atomic E-state index is 13.4. The number of fused-ring (bicyclic) bond motifs is 3. The van der Waals surface area contributed by atoms with Gasteiger partial charge in [0.1, 0.15) is 0 Å². The van der Waals surface area contributed by atoms with E-state index < -0.39 is 0 Å². The molecular weight excluding hydrogens is 386 g/mol. The Labute approximate surface area is 182 Å². The van der Waals surface area contributed by atoms with Crippen LogP contribution in [0.5, 0.6) is 11.5 Å². The lowest BCUT2D eigenvalue weighted by molar-refractivity contribution is -0.116. The number of Topliss-reactive ketones (excluding diaryl/α,β-unsaturated/α-hetero) is 1. The van der Waals surface area contributed by atoms with Gasteiger partial charge in [-0.05, 0) is 58.0 Å². The Morgan fingerprint density at radius 3 is 2.32 bits per heavy atom. The highest BCUT2D eigenvalue weighted by Gasteiger charge is 2.40. The molecule has 0 saturated heterocycles. The van der Waals surface area contributed by atoms with Crippen molar-refractivity contribution in [2.45, 2.75) is 32.7 Å². The first-order chi connectivity index (χ1) is 14.9. The molecule has 1 unspecified atom stereocenters. The zero-order valence-corrected chi connectivity index (χ0v) is 18.4. The lowest BCUT2D eigenvalue weighted by Gasteiger charge is -2.40. The fraction of sp³-hybridized carbons (Fsp3) is 0.296. The number of rotatable bonds is 3. The van der Waals surface area contributed by atoms with Crippen molar-refractivity contribution >= 4 is 27.8 Å². The maximum Gasteiger partial charge on any atom is 0.164 e. The Balaban J connectivity index is 1.73. The summed E-state index contributed by atoms with van der Waals surface area (Å²) in [7, 11) is 3.29. The van der Waals surface area contributed by atoms with Crippen LogP contribution in [0.4, 0.5) is 5.69 Å². The average Bonchev–Trinajstić information content (AvgIpc) is 2.75. The Bertz CT molecular complexity index is 1240.